The molecule has 1 unspecified atom stereocenters. The number of hydrogen-bond acceptors (Lipinski definition) is 3. The van der Waals surface area contributed by atoms with E-state index in [0.29, 0.717) is 37.5 Å². The van der Waals surface area contributed by atoms with E-state index in [0.717, 1.165) is 24.2 Å². The Labute approximate surface area is 169 Å². The second kappa shape index (κ2) is 9.59. The van der Waals surface area contributed by atoms with E-state index in [4.69, 9.17) is 0 Å². The molecule has 1 aliphatic rings. The Hall–Kier alpha value is -1.82. The molecule has 28 heavy (non-hydrogen) atoms. The number of nitrogens with zero attached hydrogens (tertiary/aromatic N) is 3. The molecule has 0 aromatic carbocycles. The fourth-order valence-corrected chi connectivity index (χ4v) is 4.18. The SMILES string of the molecule is Cc1cc(C(=O)N2CCN(C(=O)CCCC(C)C)CC(O)C2)c(C)n1C(C)C. The van der Waals surface area contributed by atoms with Gasteiger partial charge in [-0.1, -0.05) is 20.3 Å². The zero-order valence-corrected chi connectivity index (χ0v) is 18.4. The van der Waals surface area contributed by atoms with Crippen LogP contribution in [0.4, 0.5) is 0 Å². The van der Waals surface area contributed by atoms with Crippen molar-refractivity contribution in [2.24, 2.45) is 5.92 Å². The minimum Gasteiger partial charge on any atom is -0.389 e. The Morgan fingerprint density at radius 2 is 1.71 bits per heavy atom. The molecule has 1 aromatic heterocycles. The number of rotatable bonds is 6. The van der Waals surface area contributed by atoms with Crippen LogP contribution in [0.2, 0.25) is 0 Å². The van der Waals surface area contributed by atoms with Gasteiger partial charge in [-0.15, -0.1) is 0 Å². The van der Waals surface area contributed by atoms with Gasteiger partial charge in [-0.25, -0.2) is 0 Å². The summed E-state index contributed by atoms with van der Waals surface area (Å²) in [6.07, 6.45) is 1.69. The summed E-state index contributed by atoms with van der Waals surface area (Å²) in [4.78, 5) is 29.0. The third kappa shape index (κ3) is 5.37. The number of β-amino-alcohol motifs (C(OH)–C–C–N with tert-alkyl or cyclic N) is 1. The summed E-state index contributed by atoms with van der Waals surface area (Å²) in [6, 6.07) is 2.22. The molecule has 158 valence electrons. The van der Waals surface area contributed by atoms with Crippen LogP contribution in [0.25, 0.3) is 0 Å². The van der Waals surface area contributed by atoms with Gasteiger partial charge in [0.15, 0.2) is 0 Å². The van der Waals surface area contributed by atoms with Crippen LogP contribution < -0.4 is 0 Å². The van der Waals surface area contributed by atoms with Gasteiger partial charge in [0, 0.05) is 50.0 Å². The largest absolute Gasteiger partial charge is 0.389 e. The first kappa shape index (κ1) is 22.5. The Kier molecular flexibility index (Phi) is 7.70. The second-order valence-electron chi connectivity index (χ2n) is 8.78. The highest BCUT2D eigenvalue weighted by molar-refractivity contribution is 5.96. The second-order valence-corrected chi connectivity index (χ2v) is 8.78. The molecule has 0 aliphatic carbocycles. The summed E-state index contributed by atoms with van der Waals surface area (Å²) >= 11 is 0. The first-order valence-corrected chi connectivity index (χ1v) is 10.5. The van der Waals surface area contributed by atoms with Crippen LogP contribution in [0.1, 0.15) is 74.7 Å². The summed E-state index contributed by atoms with van der Waals surface area (Å²) in [6.45, 7) is 14.0. The molecule has 1 N–H and O–H groups in total. The Morgan fingerprint density at radius 3 is 2.29 bits per heavy atom. The first-order valence-electron chi connectivity index (χ1n) is 10.5. The molecule has 0 saturated carbocycles. The van der Waals surface area contributed by atoms with Crippen LogP contribution in [0.3, 0.4) is 0 Å². The number of carbonyl (C=O) groups excluding carboxylic acids is 2. The fraction of sp³-hybridized carbons (Fsp3) is 0.727. The monoisotopic (exact) mass is 391 g/mol. The minimum atomic E-state index is -0.714. The molecule has 6 nitrogen and oxygen atoms in total. The van der Waals surface area contributed by atoms with Crippen molar-refractivity contribution in [2.75, 3.05) is 26.2 Å². The van der Waals surface area contributed by atoms with Gasteiger partial charge >= 0.3 is 0 Å². The van der Waals surface area contributed by atoms with E-state index < -0.39 is 6.10 Å². The lowest BCUT2D eigenvalue weighted by Crippen LogP contribution is -2.38. The van der Waals surface area contributed by atoms with Crippen LogP contribution >= 0.6 is 0 Å². The minimum absolute atomic E-state index is 0.0619. The van der Waals surface area contributed by atoms with Crippen molar-refractivity contribution in [1.82, 2.24) is 14.4 Å². The van der Waals surface area contributed by atoms with Crippen LogP contribution in [-0.4, -0.2) is 63.6 Å². The lowest BCUT2D eigenvalue weighted by molar-refractivity contribution is -0.132. The van der Waals surface area contributed by atoms with E-state index in [9.17, 15) is 14.7 Å². The predicted molar refractivity (Wildman–Crippen MR) is 111 cm³/mol. The number of carbonyl (C=O) groups is 2. The smallest absolute Gasteiger partial charge is 0.255 e. The standard InChI is InChI=1S/C22H37N3O3/c1-15(2)8-7-9-21(27)23-10-11-24(14-19(26)13-23)22(28)20-12-17(5)25(16(3)4)18(20)6/h12,15-16,19,26H,7-11,13-14H2,1-6H3. The van der Waals surface area contributed by atoms with Gasteiger partial charge in [-0.05, 0) is 46.1 Å². The molecule has 2 rings (SSSR count). The average Bonchev–Trinajstić information content (AvgIpc) is 2.76. The number of hydrogen-bond donors (Lipinski definition) is 1. The van der Waals surface area contributed by atoms with Crippen molar-refractivity contribution >= 4 is 11.8 Å². The van der Waals surface area contributed by atoms with Crippen molar-refractivity contribution in [3.63, 3.8) is 0 Å². The zero-order valence-electron chi connectivity index (χ0n) is 18.4. The van der Waals surface area contributed by atoms with Crippen molar-refractivity contribution in [1.29, 1.82) is 0 Å². The Bertz CT molecular complexity index is 693. The average molecular weight is 392 g/mol. The highest BCUT2D eigenvalue weighted by Gasteiger charge is 2.29. The summed E-state index contributed by atoms with van der Waals surface area (Å²) in [5.41, 5.74) is 2.71. The van der Waals surface area contributed by atoms with Crippen molar-refractivity contribution in [2.45, 2.75) is 73.0 Å². The van der Waals surface area contributed by atoms with Crippen molar-refractivity contribution in [3.8, 4) is 0 Å². The number of amides is 2. The van der Waals surface area contributed by atoms with E-state index >= 15 is 0 Å². The highest BCUT2D eigenvalue weighted by Crippen LogP contribution is 2.22. The van der Waals surface area contributed by atoms with Gasteiger partial charge in [0.2, 0.25) is 5.91 Å². The molecule has 2 amide bonds. The molecule has 0 spiro atoms. The number of aliphatic hydroxyl groups is 1. The highest BCUT2D eigenvalue weighted by atomic mass is 16.3. The molecule has 6 heteroatoms. The van der Waals surface area contributed by atoms with E-state index in [-0.39, 0.29) is 24.4 Å². The molecule has 1 saturated heterocycles. The van der Waals surface area contributed by atoms with E-state index in [1.807, 2.05) is 19.9 Å². The first-order chi connectivity index (χ1) is 13.1. The topological polar surface area (TPSA) is 65.8 Å². The maximum Gasteiger partial charge on any atom is 0.255 e. The molecule has 1 aromatic rings. The predicted octanol–water partition coefficient (Wildman–Crippen LogP) is 3.16. The van der Waals surface area contributed by atoms with Gasteiger partial charge in [0.05, 0.1) is 11.7 Å². The molecule has 1 aliphatic heterocycles. The number of aromatic nitrogens is 1. The zero-order chi connectivity index (χ0) is 21.0. The maximum atomic E-state index is 13.1. The van der Waals surface area contributed by atoms with Crippen molar-refractivity contribution in [3.05, 3.63) is 23.0 Å². The molecule has 0 bridgehead atoms. The van der Waals surface area contributed by atoms with Crippen LogP contribution in [0.15, 0.2) is 6.07 Å². The summed E-state index contributed by atoms with van der Waals surface area (Å²) < 4.78 is 2.16. The summed E-state index contributed by atoms with van der Waals surface area (Å²) in [5, 5.41) is 10.4. The lowest BCUT2D eigenvalue weighted by atomic mass is 10.1. The van der Waals surface area contributed by atoms with Gasteiger partial charge < -0.3 is 19.5 Å². The quantitative estimate of drug-likeness (QED) is 0.810. The molecule has 2 heterocycles. The van der Waals surface area contributed by atoms with Crippen molar-refractivity contribution < 1.29 is 14.7 Å². The van der Waals surface area contributed by atoms with Crippen LogP contribution in [0.5, 0.6) is 0 Å². The summed E-state index contributed by atoms with van der Waals surface area (Å²) in [5.74, 6) is 0.598. The number of aryl methyl sites for hydroxylation is 1. The van der Waals surface area contributed by atoms with Gasteiger partial charge in [-0.2, -0.15) is 0 Å². The maximum absolute atomic E-state index is 13.1. The third-order valence-corrected chi connectivity index (χ3v) is 5.55. The number of aliphatic hydroxyl groups excluding tert-OH is 1. The Balaban J connectivity index is 2.06. The van der Waals surface area contributed by atoms with Gasteiger partial charge in [0.1, 0.15) is 0 Å². The molecule has 0 radical (unpaired) electrons. The van der Waals surface area contributed by atoms with E-state index in [1.54, 1.807) is 9.80 Å². The fourth-order valence-electron chi connectivity index (χ4n) is 4.18. The van der Waals surface area contributed by atoms with E-state index in [2.05, 4.69) is 32.3 Å². The molecule has 1 fully saturated rings. The van der Waals surface area contributed by atoms with Crippen LogP contribution in [0, 0.1) is 19.8 Å². The lowest BCUT2D eigenvalue weighted by Gasteiger charge is -2.22. The Morgan fingerprint density at radius 1 is 1.11 bits per heavy atom. The molecule has 1 atom stereocenters. The normalized spacial score (nSPS) is 18.1. The van der Waals surface area contributed by atoms with E-state index in [1.165, 1.54) is 0 Å². The summed E-state index contributed by atoms with van der Waals surface area (Å²) in [7, 11) is 0. The molecular formula is C22H37N3O3. The molecular weight excluding hydrogens is 354 g/mol. The van der Waals surface area contributed by atoms with Gasteiger partial charge in [-0.3, -0.25) is 9.59 Å². The van der Waals surface area contributed by atoms with Crippen LogP contribution in [-0.2, 0) is 4.79 Å². The third-order valence-electron chi connectivity index (χ3n) is 5.55. The van der Waals surface area contributed by atoms with Gasteiger partial charge in [0.25, 0.3) is 5.91 Å².